The first-order valence-corrected chi connectivity index (χ1v) is 8.34. The van der Waals surface area contributed by atoms with Crippen LogP contribution in [0.2, 0.25) is 0 Å². The molecule has 26 heavy (non-hydrogen) atoms. The van der Waals surface area contributed by atoms with Crippen LogP contribution in [0.1, 0.15) is 32.8 Å². The fourth-order valence-corrected chi connectivity index (χ4v) is 2.81. The zero-order valence-electron chi connectivity index (χ0n) is 15.0. The number of ether oxygens (including phenoxy) is 1. The van der Waals surface area contributed by atoms with E-state index in [9.17, 15) is 19.5 Å². The van der Waals surface area contributed by atoms with Gasteiger partial charge in [0.25, 0.3) is 0 Å². The smallest absolute Gasteiger partial charge is 0.407 e. The highest BCUT2D eigenvalue weighted by atomic mass is 16.6. The summed E-state index contributed by atoms with van der Waals surface area (Å²) in [6.45, 7) is 5.43. The number of piperidine rings is 1. The predicted molar refractivity (Wildman–Crippen MR) is 94.2 cm³/mol. The van der Waals surface area contributed by atoms with Crippen LogP contribution in [0.4, 0.5) is 9.59 Å². The molecule has 0 aliphatic carbocycles. The van der Waals surface area contributed by atoms with E-state index in [4.69, 9.17) is 4.74 Å². The van der Waals surface area contributed by atoms with Crippen molar-refractivity contribution in [3.63, 3.8) is 0 Å². The van der Waals surface area contributed by atoms with Gasteiger partial charge in [-0.25, -0.2) is 9.59 Å². The van der Waals surface area contributed by atoms with E-state index in [0.717, 1.165) is 0 Å². The van der Waals surface area contributed by atoms with Crippen molar-refractivity contribution in [2.45, 2.75) is 38.8 Å². The molecular formula is C18H24N3O5. The average Bonchev–Trinajstić information content (AvgIpc) is 2.53. The van der Waals surface area contributed by atoms with E-state index in [1.54, 1.807) is 45.0 Å². The van der Waals surface area contributed by atoms with Crippen LogP contribution >= 0.6 is 0 Å². The highest BCUT2D eigenvalue weighted by molar-refractivity contribution is 5.79. The summed E-state index contributed by atoms with van der Waals surface area (Å²) in [4.78, 5) is 35.3. The summed E-state index contributed by atoms with van der Waals surface area (Å²) in [5, 5.41) is 17.0. The summed E-state index contributed by atoms with van der Waals surface area (Å²) in [5.41, 5.74) is -0.0198. The highest BCUT2D eigenvalue weighted by Crippen LogP contribution is 2.29. The maximum atomic E-state index is 12.1. The lowest BCUT2D eigenvalue weighted by atomic mass is 9.82. The highest BCUT2D eigenvalue weighted by Gasteiger charge is 2.39. The molecule has 2 unspecified atom stereocenters. The van der Waals surface area contributed by atoms with Crippen LogP contribution in [0.25, 0.3) is 0 Å². The van der Waals surface area contributed by atoms with Gasteiger partial charge in [0.05, 0.1) is 6.04 Å². The molecule has 1 aromatic carbocycles. The number of alkyl carbamates (subject to hydrolysis) is 1. The lowest BCUT2D eigenvalue weighted by molar-refractivity contribution is -0.123. The van der Waals surface area contributed by atoms with Crippen LogP contribution in [0, 0.1) is 12.0 Å². The van der Waals surface area contributed by atoms with Crippen molar-refractivity contribution in [2.75, 3.05) is 6.54 Å². The summed E-state index contributed by atoms with van der Waals surface area (Å²) in [6.07, 6.45) is -1.80. The summed E-state index contributed by atoms with van der Waals surface area (Å²) in [6, 6.07) is 8.73. The minimum absolute atomic E-state index is 0.0466. The largest absolute Gasteiger partial charge is 0.465 e. The monoisotopic (exact) mass is 362 g/mol. The molecule has 1 fully saturated rings. The summed E-state index contributed by atoms with van der Waals surface area (Å²) in [5.74, 6) is -0.743. The van der Waals surface area contributed by atoms with Gasteiger partial charge in [0, 0.05) is 18.9 Å². The Morgan fingerprint density at radius 3 is 2.46 bits per heavy atom. The molecule has 2 atom stereocenters. The van der Waals surface area contributed by atoms with Crippen LogP contribution in [0.5, 0.6) is 0 Å². The Morgan fingerprint density at radius 1 is 1.23 bits per heavy atom. The molecule has 1 saturated heterocycles. The zero-order chi connectivity index (χ0) is 19.3. The van der Waals surface area contributed by atoms with Gasteiger partial charge >= 0.3 is 12.2 Å². The molecule has 0 saturated carbocycles. The Labute approximate surface area is 152 Å². The van der Waals surface area contributed by atoms with Crippen molar-refractivity contribution < 1.29 is 24.2 Å². The molecule has 2 rings (SSSR count). The maximum Gasteiger partial charge on any atom is 0.407 e. The Morgan fingerprint density at radius 2 is 1.88 bits per heavy atom. The first-order chi connectivity index (χ1) is 12.2. The lowest BCUT2D eigenvalue weighted by Gasteiger charge is -2.37. The molecule has 1 aromatic rings. The molecule has 1 radical (unpaired) electrons. The fraction of sp³-hybridized carbons (Fsp3) is 0.444. The standard InChI is InChI=1S/C18H24N3O5/c1-18(2,3)26-17(25)20-13-10-19-14(22)9-12(13)15(21-16(23)24)11-7-5-4-6-8-11/h4-8,12-13,21H,9-10H2,1-3H3,(H,19,22)(H,20,25)(H,23,24). The Bertz CT molecular complexity index is 657. The average molecular weight is 362 g/mol. The number of benzene rings is 1. The van der Waals surface area contributed by atoms with Crippen molar-refractivity contribution in [1.29, 1.82) is 0 Å². The normalized spacial score (nSPS) is 20.2. The SMILES string of the molecule is CC(C)(C)OC(=O)NC1CNC(=O)CC1[C](NC(=O)O)c1ccccc1. The number of carbonyl (C=O) groups is 3. The molecular weight excluding hydrogens is 338 g/mol. The van der Waals surface area contributed by atoms with E-state index in [0.29, 0.717) is 11.6 Å². The number of amides is 3. The molecule has 1 aliphatic heterocycles. The van der Waals surface area contributed by atoms with Gasteiger partial charge in [-0.2, -0.15) is 0 Å². The van der Waals surface area contributed by atoms with Crippen molar-refractivity contribution >= 4 is 18.1 Å². The third kappa shape index (κ3) is 5.65. The predicted octanol–water partition coefficient (Wildman–Crippen LogP) is 1.86. The molecule has 141 valence electrons. The molecule has 4 N–H and O–H groups in total. The number of carbonyl (C=O) groups excluding carboxylic acids is 2. The molecule has 8 nitrogen and oxygen atoms in total. The molecule has 0 spiro atoms. The molecule has 1 aliphatic rings. The third-order valence-corrected chi connectivity index (χ3v) is 3.81. The molecule has 8 heteroatoms. The second-order valence-corrected chi connectivity index (χ2v) is 7.08. The van der Waals surface area contributed by atoms with Gasteiger partial charge < -0.3 is 25.8 Å². The van der Waals surface area contributed by atoms with E-state index in [-0.39, 0.29) is 18.9 Å². The number of nitrogens with one attached hydrogen (secondary N) is 3. The maximum absolute atomic E-state index is 12.1. The van der Waals surface area contributed by atoms with E-state index in [1.807, 2.05) is 6.07 Å². The fourth-order valence-electron chi connectivity index (χ4n) is 2.81. The number of rotatable bonds is 4. The Balaban J connectivity index is 2.24. The summed E-state index contributed by atoms with van der Waals surface area (Å²) >= 11 is 0. The number of carboxylic acid groups (broad SMARTS) is 1. The van der Waals surface area contributed by atoms with Crippen molar-refractivity contribution in [3.8, 4) is 0 Å². The van der Waals surface area contributed by atoms with Gasteiger partial charge in [-0.3, -0.25) is 4.79 Å². The van der Waals surface area contributed by atoms with Crippen LogP contribution in [-0.4, -0.2) is 41.4 Å². The van der Waals surface area contributed by atoms with Crippen molar-refractivity contribution in [1.82, 2.24) is 16.0 Å². The minimum atomic E-state index is -1.23. The van der Waals surface area contributed by atoms with Gasteiger partial charge in [0.2, 0.25) is 5.91 Å². The topological polar surface area (TPSA) is 117 Å². The summed E-state index contributed by atoms with van der Waals surface area (Å²) in [7, 11) is 0. The van der Waals surface area contributed by atoms with Crippen LogP contribution in [0.15, 0.2) is 30.3 Å². The van der Waals surface area contributed by atoms with E-state index in [2.05, 4.69) is 16.0 Å². The van der Waals surface area contributed by atoms with Gasteiger partial charge in [-0.1, -0.05) is 30.3 Å². The van der Waals surface area contributed by atoms with Gasteiger partial charge in [-0.15, -0.1) is 0 Å². The third-order valence-electron chi connectivity index (χ3n) is 3.81. The molecule has 3 amide bonds. The van der Waals surface area contributed by atoms with Crippen molar-refractivity contribution in [2.24, 2.45) is 5.92 Å². The molecule has 0 aromatic heterocycles. The quantitative estimate of drug-likeness (QED) is 0.652. The second kappa shape index (κ2) is 8.07. The zero-order valence-corrected chi connectivity index (χ0v) is 15.0. The van der Waals surface area contributed by atoms with E-state index >= 15 is 0 Å². The van der Waals surface area contributed by atoms with Gasteiger partial charge in [-0.05, 0) is 26.3 Å². The van der Waals surface area contributed by atoms with E-state index in [1.165, 1.54) is 0 Å². The van der Waals surface area contributed by atoms with Crippen LogP contribution in [-0.2, 0) is 9.53 Å². The lowest BCUT2D eigenvalue weighted by Crippen LogP contribution is -2.57. The number of hydrogen-bond acceptors (Lipinski definition) is 4. The molecule has 1 heterocycles. The van der Waals surface area contributed by atoms with E-state index < -0.39 is 29.7 Å². The van der Waals surface area contributed by atoms with Crippen LogP contribution in [0.3, 0.4) is 0 Å². The van der Waals surface area contributed by atoms with Crippen LogP contribution < -0.4 is 16.0 Å². The van der Waals surface area contributed by atoms with Gasteiger partial charge in [0.1, 0.15) is 11.6 Å². The Kier molecular flexibility index (Phi) is 6.07. The number of hydrogen-bond donors (Lipinski definition) is 4. The Hall–Kier alpha value is -2.77. The minimum Gasteiger partial charge on any atom is -0.465 e. The summed E-state index contributed by atoms with van der Waals surface area (Å²) < 4.78 is 5.27. The van der Waals surface area contributed by atoms with Crippen molar-refractivity contribution in [3.05, 3.63) is 41.9 Å². The van der Waals surface area contributed by atoms with Gasteiger partial charge in [0.15, 0.2) is 0 Å². The first-order valence-electron chi connectivity index (χ1n) is 8.34. The second-order valence-electron chi connectivity index (χ2n) is 7.08. The first kappa shape index (κ1) is 19.6. The molecule has 0 bridgehead atoms.